The first-order chi connectivity index (χ1) is 10.6. The van der Waals surface area contributed by atoms with Crippen molar-refractivity contribution in [1.29, 1.82) is 0 Å². The molecule has 2 heterocycles. The molecule has 0 saturated carbocycles. The monoisotopic (exact) mass is 305 g/mol. The van der Waals surface area contributed by atoms with Gasteiger partial charge in [0.15, 0.2) is 0 Å². The van der Waals surface area contributed by atoms with Crippen LogP contribution in [0, 0.1) is 0 Å². The number of benzene rings is 1. The Kier molecular flexibility index (Phi) is 3.78. The fourth-order valence-electron chi connectivity index (χ4n) is 2.57. The molecule has 8 nitrogen and oxygen atoms in total. The summed E-state index contributed by atoms with van der Waals surface area (Å²) in [7, 11) is 0. The minimum Gasteiger partial charge on any atom is -0.507 e. The summed E-state index contributed by atoms with van der Waals surface area (Å²) >= 11 is 0. The number of aliphatic hydroxyl groups is 1. The van der Waals surface area contributed by atoms with Crippen LogP contribution in [-0.2, 0) is 11.3 Å². The zero-order valence-corrected chi connectivity index (χ0v) is 11.6. The van der Waals surface area contributed by atoms with Gasteiger partial charge in [-0.3, -0.25) is 0 Å². The fraction of sp³-hybridized carbons (Fsp3) is 0.357. The number of aromatic hydroxyl groups is 1. The van der Waals surface area contributed by atoms with Crippen LogP contribution >= 0.6 is 0 Å². The smallest absolute Gasteiger partial charge is 0.339 e. The number of aromatic carboxylic acids is 1. The number of nitrogens with zero attached hydrogens (tertiary/aromatic N) is 3. The molecule has 1 aliphatic heterocycles. The maximum absolute atomic E-state index is 11.1. The molecule has 3 N–H and O–H groups in total. The highest BCUT2D eigenvalue weighted by molar-refractivity contribution is 5.91. The third kappa shape index (κ3) is 2.42. The first kappa shape index (κ1) is 14.5. The number of ether oxygens (including phenoxy) is 1. The summed E-state index contributed by atoms with van der Waals surface area (Å²) in [5.74, 6) is -1.56. The average molecular weight is 305 g/mol. The number of carbonyl (C=O) groups is 1. The zero-order valence-electron chi connectivity index (χ0n) is 11.6. The lowest BCUT2D eigenvalue weighted by atomic mass is 10.1. The van der Waals surface area contributed by atoms with Crippen LogP contribution in [0.25, 0.3) is 5.69 Å². The number of carboxylic acid groups (broad SMARTS) is 1. The van der Waals surface area contributed by atoms with Gasteiger partial charge in [-0.1, -0.05) is 5.21 Å². The molecular formula is C14H15N3O5. The molecule has 0 aliphatic carbocycles. The van der Waals surface area contributed by atoms with Crippen molar-refractivity contribution < 1.29 is 24.9 Å². The SMILES string of the molecule is O=C(O)c1cc(-n2nnc(CO)c2C2CCCO2)ccc1O. The molecule has 0 radical (unpaired) electrons. The van der Waals surface area contributed by atoms with E-state index in [1.165, 1.54) is 22.9 Å². The molecule has 116 valence electrons. The molecule has 8 heteroatoms. The number of phenols is 1. The van der Waals surface area contributed by atoms with Gasteiger partial charge in [0.2, 0.25) is 0 Å². The van der Waals surface area contributed by atoms with Crippen molar-refractivity contribution in [1.82, 2.24) is 15.0 Å². The van der Waals surface area contributed by atoms with Gasteiger partial charge in [0.05, 0.1) is 18.0 Å². The number of hydrogen-bond acceptors (Lipinski definition) is 6. The van der Waals surface area contributed by atoms with E-state index >= 15 is 0 Å². The van der Waals surface area contributed by atoms with E-state index < -0.39 is 5.97 Å². The Morgan fingerprint density at radius 1 is 1.45 bits per heavy atom. The second kappa shape index (κ2) is 5.74. The number of carboxylic acids is 1. The molecule has 2 aromatic rings. The zero-order chi connectivity index (χ0) is 15.7. The summed E-state index contributed by atoms with van der Waals surface area (Å²) in [5.41, 5.74) is 1.23. The highest BCUT2D eigenvalue weighted by Crippen LogP contribution is 2.32. The van der Waals surface area contributed by atoms with Crippen LogP contribution in [0.5, 0.6) is 5.75 Å². The summed E-state index contributed by atoms with van der Waals surface area (Å²) in [6, 6.07) is 4.14. The first-order valence-corrected chi connectivity index (χ1v) is 6.85. The summed E-state index contributed by atoms with van der Waals surface area (Å²) in [4.78, 5) is 11.1. The van der Waals surface area contributed by atoms with E-state index in [1.807, 2.05) is 0 Å². The molecule has 1 unspecified atom stereocenters. The molecule has 0 bridgehead atoms. The van der Waals surface area contributed by atoms with Crippen molar-refractivity contribution in [2.75, 3.05) is 6.61 Å². The van der Waals surface area contributed by atoms with E-state index in [0.29, 0.717) is 23.7 Å². The van der Waals surface area contributed by atoms with E-state index in [-0.39, 0.29) is 24.0 Å². The van der Waals surface area contributed by atoms with Crippen LogP contribution in [0.15, 0.2) is 18.2 Å². The van der Waals surface area contributed by atoms with Gasteiger partial charge < -0.3 is 20.1 Å². The van der Waals surface area contributed by atoms with Crippen LogP contribution in [0.1, 0.15) is 40.7 Å². The number of aliphatic hydroxyl groups excluding tert-OH is 1. The molecule has 0 amide bonds. The number of aromatic nitrogens is 3. The van der Waals surface area contributed by atoms with Crippen molar-refractivity contribution in [2.45, 2.75) is 25.6 Å². The fourth-order valence-corrected chi connectivity index (χ4v) is 2.57. The predicted octanol–water partition coefficient (Wildman–Crippen LogP) is 1.01. The lowest BCUT2D eigenvalue weighted by Gasteiger charge is -2.13. The molecule has 1 aromatic carbocycles. The second-order valence-corrected chi connectivity index (χ2v) is 5.00. The van der Waals surface area contributed by atoms with Crippen molar-refractivity contribution in [3.05, 3.63) is 35.2 Å². The quantitative estimate of drug-likeness (QED) is 0.771. The van der Waals surface area contributed by atoms with Crippen LogP contribution in [0.2, 0.25) is 0 Å². The highest BCUT2D eigenvalue weighted by Gasteiger charge is 2.27. The lowest BCUT2D eigenvalue weighted by Crippen LogP contribution is -2.10. The Morgan fingerprint density at radius 2 is 2.27 bits per heavy atom. The Hall–Kier alpha value is -2.45. The molecule has 22 heavy (non-hydrogen) atoms. The summed E-state index contributed by atoms with van der Waals surface area (Å²) < 4.78 is 7.08. The summed E-state index contributed by atoms with van der Waals surface area (Å²) in [6.45, 7) is 0.343. The molecule has 1 aliphatic rings. The van der Waals surface area contributed by atoms with Gasteiger partial charge in [-0.2, -0.15) is 0 Å². The van der Waals surface area contributed by atoms with E-state index in [9.17, 15) is 15.0 Å². The van der Waals surface area contributed by atoms with Crippen molar-refractivity contribution in [2.24, 2.45) is 0 Å². The van der Waals surface area contributed by atoms with Crippen molar-refractivity contribution >= 4 is 5.97 Å². The minimum absolute atomic E-state index is 0.225. The van der Waals surface area contributed by atoms with E-state index in [0.717, 1.165) is 12.8 Å². The first-order valence-electron chi connectivity index (χ1n) is 6.85. The Labute approximate surface area is 125 Å². The molecular weight excluding hydrogens is 290 g/mol. The van der Waals surface area contributed by atoms with Gasteiger partial charge >= 0.3 is 5.97 Å². The Bertz CT molecular complexity index is 706. The van der Waals surface area contributed by atoms with E-state index in [1.54, 1.807) is 0 Å². The molecule has 3 rings (SSSR count). The maximum Gasteiger partial charge on any atom is 0.339 e. The van der Waals surface area contributed by atoms with Gasteiger partial charge in [-0.05, 0) is 31.0 Å². The minimum atomic E-state index is -1.24. The standard InChI is InChI=1S/C14H15N3O5/c18-7-10-13(12-2-1-5-22-12)17(16-15-10)8-3-4-11(19)9(6-8)14(20)21/h3-4,6,12,18-19H,1-2,5,7H2,(H,20,21). The van der Waals surface area contributed by atoms with Crippen LogP contribution in [0.4, 0.5) is 0 Å². The topological polar surface area (TPSA) is 118 Å². The third-order valence-corrected chi connectivity index (χ3v) is 3.62. The largest absolute Gasteiger partial charge is 0.507 e. The van der Waals surface area contributed by atoms with Crippen molar-refractivity contribution in [3.63, 3.8) is 0 Å². The summed E-state index contributed by atoms with van der Waals surface area (Å²) in [5, 5.41) is 36.0. The van der Waals surface area contributed by atoms with Crippen LogP contribution < -0.4 is 0 Å². The van der Waals surface area contributed by atoms with Gasteiger partial charge in [0, 0.05) is 6.61 Å². The molecule has 1 saturated heterocycles. The average Bonchev–Trinajstić information content (AvgIpc) is 3.15. The maximum atomic E-state index is 11.1. The Balaban J connectivity index is 2.10. The van der Waals surface area contributed by atoms with Gasteiger partial charge in [-0.15, -0.1) is 5.10 Å². The van der Waals surface area contributed by atoms with Crippen LogP contribution in [-0.4, -0.2) is 42.9 Å². The normalized spacial score (nSPS) is 17.8. The highest BCUT2D eigenvalue weighted by atomic mass is 16.5. The van der Waals surface area contributed by atoms with E-state index in [2.05, 4.69) is 10.3 Å². The van der Waals surface area contributed by atoms with Crippen molar-refractivity contribution in [3.8, 4) is 11.4 Å². The molecule has 0 spiro atoms. The molecule has 1 atom stereocenters. The predicted molar refractivity (Wildman–Crippen MR) is 73.8 cm³/mol. The van der Waals surface area contributed by atoms with Gasteiger partial charge in [-0.25, -0.2) is 9.48 Å². The third-order valence-electron chi connectivity index (χ3n) is 3.62. The van der Waals surface area contributed by atoms with E-state index in [4.69, 9.17) is 9.84 Å². The van der Waals surface area contributed by atoms with Gasteiger partial charge in [0.25, 0.3) is 0 Å². The summed E-state index contributed by atoms with van der Waals surface area (Å²) in [6.07, 6.45) is 1.44. The number of rotatable bonds is 4. The Morgan fingerprint density at radius 3 is 2.91 bits per heavy atom. The molecule has 1 aromatic heterocycles. The van der Waals surface area contributed by atoms with Crippen LogP contribution in [0.3, 0.4) is 0 Å². The second-order valence-electron chi connectivity index (χ2n) is 5.00. The lowest BCUT2D eigenvalue weighted by molar-refractivity contribution is 0.0693. The molecule has 1 fully saturated rings. The van der Waals surface area contributed by atoms with Gasteiger partial charge in [0.1, 0.15) is 23.1 Å². The number of hydrogen-bond donors (Lipinski definition) is 3.